The number of thiazole rings is 1. The number of H-pyrrole nitrogens is 1. The molecular weight excluding hydrogens is 322 g/mol. The van der Waals surface area contributed by atoms with Crippen molar-refractivity contribution in [2.45, 2.75) is 19.9 Å². The number of aryl methyl sites for hydroxylation is 1. The molecule has 1 fully saturated rings. The fraction of sp³-hybridized carbons (Fsp3) is 0.500. The maximum Gasteiger partial charge on any atom is 0.160 e. The van der Waals surface area contributed by atoms with Crippen LogP contribution in [0.15, 0.2) is 18.0 Å². The Labute approximate surface area is 144 Å². The SMILES string of the molecule is Cc1ncsc1CN(C)CC1CCN(c2ncnc3[nH]ncc23)C1. The van der Waals surface area contributed by atoms with Crippen LogP contribution < -0.4 is 4.90 Å². The number of hydrogen-bond acceptors (Lipinski definition) is 7. The van der Waals surface area contributed by atoms with Crippen LogP contribution in [-0.4, -0.2) is 56.7 Å². The predicted octanol–water partition coefficient (Wildman–Crippen LogP) is 2.08. The van der Waals surface area contributed by atoms with E-state index in [0.29, 0.717) is 5.92 Å². The quantitative estimate of drug-likeness (QED) is 0.764. The minimum Gasteiger partial charge on any atom is -0.356 e. The van der Waals surface area contributed by atoms with Crippen molar-refractivity contribution in [3.8, 4) is 0 Å². The van der Waals surface area contributed by atoms with E-state index in [0.717, 1.165) is 48.7 Å². The predicted molar refractivity (Wildman–Crippen MR) is 95.2 cm³/mol. The third-order valence-electron chi connectivity index (χ3n) is 4.64. The first kappa shape index (κ1) is 15.5. The minimum atomic E-state index is 0.653. The zero-order valence-electron chi connectivity index (χ0n) is 13.9. The average molecular weight is 343 g/mol. The van der Waals surface area contributed by atoms with Gasteiger partial charge in [-0.25, -0.2) is 15.0 Å². The van der Waals surface area contributed by atoms with Gasteiger partial charge in [0.1, 0.15) is 12.1 Å². The highest BCUT2D eigenvalue weighted by molar-refractivity contribution is 7.09. The summed E-state index contributed by atoms with van der Waals surface area (Å²) in [6.45, 7) is 6.22. The molecule has 0 aliphatic carbocycles. The summed E-state index contributed by atoms with van der Waals surface area (Å²) in [7, 11) is 2.20. The highest BCUT2D eigenvalue weighted by Crippen LogP contribution is 2.27. The van der Waals surface area contributed by atoms with Gasteiger partial charge in [0.2, 0.25) is 0 Å². The Hall–Kier alpha value is -2.06. The lowest BCUT2D eigenvalue weighted by Gasteiger charge is -2.21. The van der Waals surface area contributed by atoms with Crippen LogP contribution >= 0.6 is 11.3 Å². The molecule has 3 aromatic heterocycles. The molecule has 0 aromatic carbocycles. The molecule has 7 nitrogen and oxygen atoms in total. The Kier molecular flexibility index (Phi) is 4.15. The largest absolute Gasteiger partial charge is 0.356 e. The van der Waals surface area contributed by atoms with E-state index in [1.807, 2.05) is 11.7 Å². The van der Waals surface area contributed by atoms with Gasteiger partial charge in [0.25, 0.3) is 0 Å². The van der Waals surface area contributed by atoms with Crippen molar-refractivity contribution >= 4 is 28.2 Å². The molecule has 0 bridgehead atoms. The summed E-state index contributed by atoms with van der Waals surface area (Å²) in [4.78, 5) is 19.2. The van der Waals surface area contributed by atoms with Gasteiger partial charge >= 0.3 is 0 Å². The van der Waals surface area contributed by atoms with E-state index in [4.69, 9.17) is 0 Å². The first-order valence-electron chi connectivity index (χ1n) is 8.17. The van der Waals surface area contributed by atoms with Crippen molar-refractivity contribution in [2.75, 3.05) is 31.6 Å². The van der Waals surface area contributed by atoms with Crippen molar-refractivity contribution in [1.29, 1.82) is 0 Å². The molecule has 3 aromatic rings. The maximum absolute atomic E-state index is 4.48. The smallest absolute Gasteiger partial charge is 0.160 e. The Morgan fingerprint density at radius 3 is 3.12 bits per heavy atom. The number of nitrogens with zero attached hydrogens (tertiary/aromatic N) is 6. The van der Waals surface area contributed by atoms with Gasteiger partial charge in [0.15, 0.2) is 5.65 Å². The molecule has 1 saturated heterocycles. The number of nitrogens with one attached hydrogen (secondary N) is 1. The Balaban J connectivity index is 1.40. The van der Waals surface area contributed by atoms with Crippen molar-refractivity contribution in [1.82, 2.24) is 30.0 Å². The molecule has 1 unspecified atom stereocenters. The van der Waals surface area contributed by atoms with Gasteiger partial charge in [0, 0.05) is 31.1 Å². The standard InChI is InChI=1S/C16H21N7S/c1-11-14(24-10-19-11)8-22(2)6-12-3-4-23(7-12)16-13-5-20-21-15(13)17-9-18-16/h5,9-10,12H,3-4,6-8H2,1-2H3,(H,17,18,20,21). The van der Waals surface area contributed by atoms with Crippen LogP contribution in [0.2, 0.25) is 0 Å². The summed E-state index contributed by atoms with van der Waals surface area (Å²) >= 11 is 1.75. The third-order valence-corrected chi connectivity index (χ3v) is 5.56. The van der Waals surface area contributed by atoms with Gasteiger partial charge in [-0.1, -0.05) is 0 Å². The van der Waals surface area contributed by atoms with E-state index in [1.165, 1.54) is 11.3 Å². The molecule has 4 rings (SSSR count). The molecule has 1 aliphatic heterocycles. The second-order valence-electron chi connectivity index (χ2n) is 6.49. The van der Waals surface area contributed by atoms with Crippen molar-refractivity contribution in [2.24, 2.45) is 5.92 Å². The molecule has 0 radical (unpaired) electrons. The number of aromatic nitrogens is 5. The molecular formula is C16H21N7S. The Morgan fingerprint density at radius 1 is 1.38 bits per heavy atom. The van der Waals surface area contributed by atoms with E-state index >= 15 is 0 Å². The van der Waals surface area contributed by atoms with E-state index in [1.54, 1.807) is 17.7 Å². The van der Waals surface area contributed by atoms with Crippen LogP contribution in [0.5, 0.6) is 0 Å². The topological polar surface area (TPSA) is 73.8 Å². The fourth-order valence-electron chi connectivity index (χ4n) is 3.41. The van der Waals surface area contributed by atoms with Crippen LogP contribution in [0.4, 0.5) is 5.82 Å². The van der Waals surface area contributed by atoms with Crippen molar-refractivity contribution < 1.29 is 0 Å². The van der Waals surface area contributed by atoms with Gasteiger partial charge in [-0.15, -0.1) is 11.3 Å². The molecule has 1 aliphatic rings. The normalized spacial score (nSPS) is 18.1. The molecule has 0 amide bonds. The van der Waals surface area contributed by atoms with E-state index in [2.05, 4.69) is 48.9 Å². The lowest BCUT2D eigenvalue weighted by molar-refractivity contribution is 0.281. The summed E-state index contributed by atoms with van der Waals surface area (Å²) in [6.07, 6.45) is 4.62. The van der Waals surface area contributed by atoms with E-state index in [-0.39, 0.29) is 0 Å². The van der Waals surface area contributed by atoms with Crippen LogP contribution in [0, 0.1) is 12.8 Å². The van der Waals surface area contributed by atoms with Crippen molar-refractivity contribution in [3.05, 3.63) is 28.6 Å². The van der Waals surface area contributed by atoms with Crippen LogP contribution in [0.25, 0.3) is 11.0 Å². The summed E-state index contributed by atoms with van der Waals surface area (Å²) in [5.74, 6) is 1.65. The third kappa shape index (κ3) is 2.99. The van der Waals surface area contributed by atoms with Crippen molar-refractivity contribution in [3.63, 3.8) is 0 Å². The highest BCUT2D eigenvalue weighted by Gasteiger charge is 2.26. The summed E-state index contributed by atoms with van der Waals surface area (Å²) in [6, 6.07) is 0. The zero-order chi connectivity index (χ0) is 16.5. The van der Waals surface area contributed by atoms with E-state index in [9.17, 15) is 0 Å². The van der Waals surface area contributed by atoms with Crippen LogP contribution in [-0.2, 0) is 6.54 Å². The number of hydrogen-bond donors (Lipinski definition) is 1. The number of rotatable bonds is 5. The molecule has 1 atom stereocenters. The highest BCUT2D eigenvalue weighted by atomic mass is 32.1. The van der Waals surface area contributed by atoms with Crippen LogP contribution in [0.1, 0.15) is 17.0 Å². The summed E-state index contributed by atoms with van der Waals surface area (Å²) in [5.41, 5.74) is 3.89. The molecule has 8 heteroatoms. The lowest BCUT2D eigenvalue weighted by atomic mass is 10.1. The first-order valence-corrected chi connectivity index (χ1v) is 9.05. The fourth-order valence-corrected chi connectivity index (χ4v) is 4.26. The second-order valence-corrected chi connectivity index (χ2v) is 7.43. The first-order chi connectivity index (χ1) is 11.7. The molecule has 126 valence electrons. The Bertz CT molecular complexity index is 827. The number of anilines is 1. The summed E-state index contributed by atoms with van der Waals surface area (Å²) in [5, 5.41) is 8.01. The van der Waals surface area contributed by atoms with Crippen LogP contribution in [0.3, 0.4) is 0 Å². The van der Waals surface area contributed by atoms with Gasteiger partial charge in [-0.2, -0.15) is 5.10 Å². The molecule has 1 N–H and O–H groups in total. The minimum absolute atomic E-state index is 0.653. The lowest BCUT2D eigenvalue weighted by Crippen LogP contribution is -2.28. The zero-order valence-corrected chi connectivity index (χ0v) is 14.8. The van der Waals surface area contributed by atoms with Gasteiger partial charge in [-0.3, -0.25) is 5.10 Å². The van der Waals surface area contributed by atoms with Gasteiger partial charge < -0.3 is 9.80 Å². The molecule has 0 spiro atoms. The maximum atomic E-state index is 4.48. The second kappa shape index (κ2) is 6.45. The average Bonchev–Trinajstić information content (AvgIpc) is 3.29. The van der Waals surface area contributed by atoms with E-state index < -0.39 is 0 Å². The number of fused-ring (bicyclic) bond motifs is 1. The monoisotopic (exact) mass is 343 g/mol. The molecule has 0 saturated carbocycles. The number of aromatic amines is 1. The van der Waals surface area contributed by atoms with Gasteiger partial charge in [0.05, 0.1) is 22.8 Å². The summed E-state index contributed by atoms with van der Waals surface area (Å²) < 4.78 is 0. The van der Waals surface area contributed by atoms with Gasteiger partial charge in [-0.05, 0) is 26.3 Å². The molecule has 24 heavy (non-hydrogen) atoms. The molecule has 4 heterocycles. The Morgan fingerprint density at radius 2 is 2.29 bits per heavy atom.